The second-order valence-corrected chi connectivity index (χ2v) is 6.66. The molecule has 0 saturated heterocycles. The largest absolute Gasteiger partial charge is 0.444 e. The highest BCUT2D eigenvalue weighted by Gasteiger charge is 2.39. The van der Waals surface area contributed by atoms with Gasteiger partial charge < -0.3 is 15.4 Å². The molecule has 1 aliphatic carbocycles. The first-order valence-corrected chi connectivity index (χ1v) is 7.57. The van der Waals surface area contributed by atoms with E-state index in [1.165, 1.54) is 25.7 Å². The molecule has 112 valence electrons. The Morgan fingerprint density at radius 2 is 2.00 bits per heavy atom. The molecular formula is C15H30N2O2. The van der Waals surface area contributed by atoms with Crippen LogP contribution in [0.2, 0.25) is 0 Å². The minimum Gasteiger partial charge on any atom is -0.444 e. The van der Waals surface area contributed by atoms with E-state index in [9.17, 15) is 4.79 Å². The Kier molecular flexibility index (Phi) is 6.11. The first-order chi connectivity index (χ1) is 8.81. The van der Waals surface area contributed by atoms with Crippen LogP contribution in [0.4, 0.5) is 4.79 Å². The Balaban J connectivity index is 2.12. The summed E-state index contributed by atoms with van der Waals surface area (Å²) in [6.07, 6.45) is 5.76. The van der Waals surface area contributed by atoms with Gasteiger partial charge in [0.2, 0.25) is 0 Å². The number of amides is 1. The Labute approximate surface area is 117 Å². The average molecular weight is 270 g/mol. The van der Waals surface area contributed by atoms with Gasteiger partial charge in [-0.25, -0.2) is 4.79 Å². The van der Waals surface area contributed by atoms with Gasteiger partial charge in [0.05, 0.1) is 0 Å². The van der Waals surface area contributed by atoms with Crippen molar-refractivity contribution in [2.75, 3.05) is 0 Å². The summed E-state index contributed by atoms with van der Waals surface area (Å²) in [5.74, 6) is 0. The van der Waals surface area contributed by atoms with Crippen LogP contribution in [0.25, 0.3) is 0 Å². The molecule has 0 aliphatic heterocycles. The minimum absolute atomic E-state index is 0.239. The lowest BCUT2D eigenvalue weighted by molar-refractivity contribution is 0.0522. The molecule has 0 heterocycles. The van der Waals surface area contributed by atoms with Crippen LogP contribution in [0, 0.1) is 0 Å². The fraction of sp³-hybridized carbons (Fsp3) is 0.933. The molecule has 1 aliphatic rings. The smallest absolute Gasteiger partial charge is 0.407 e. The van der Waals surface area contributed by atoms with Crippen LogP contribution in [0.5, 0.6) is 0 Å². The summed E-state index contributed by atoms with van der Waals surface area (Å²) in [7, 11) is 0. The SMILES string of the molecule is CCCCCC(C)NC1CC1NC(=O)OC(C)(C)C. The summed E-state index contributed by atoms with van der Waals surface area (Å²) >= 11 is 0. The maximum atomic E-state index is 11.6. The number of carbonyl (C=O) groups excluding carboxylic acids is 1. The predicted octanol–water partition coefficient (Wildman–Crippen LogP) is 3.21. The van der Waals surface area contributed by atoms with Crippen molar-refractivity contribution < 1.29 is 9.53 Å². The topological polar surface area (TPSA) is 50.4 Å². The zero-order valence-electron chi connectivity index (χ0n) is 13.1. The Bertz CT molecular complexity index is 286. The minimum atomic E-state index is -0.421. The van der Waals surface area contributed by atoms with E-state index in [0.717, 1.165) is 6.42 Å². The van der Waals surface area contributed by atoms with Crippen molar-refractivity contribution in [2.24, 2.45) is 0 Å². The summed E-state index contributed by atoms with van der Waals surface area (Å²) in [6.45, 7) is 10.1. The van der Waals surface area contributed by atoms with Gasteiger partial charge in [0.15, 0.2) is 0 Å². The fourth-order valence-corrected chi connectivity index (χ4v) is 2.15. The molecule has 1 amide bonds. The third-order valence-corrected chi connectivity index (χ3v) is 3.23. The molecule has 0 spiro atoms. The van der Waals surface area contributed by atoms with E-state index in [-0.39, 0.29) is 12.1 Å². The molecule has 0 bridgehead atoms. The first-order valence-electron chi connectivity index (χ1n) is 7.57. The van der Waals surface area contributed by atoms with E-state index >= 15 is 0 Å². The van der Waals surface area contributed by atoms with Gasteiger partial charge in [-0.1, -0.05) is 26.2 Å². The lowest BCUT2D eigenvalue weighted by atomic mass is 10.1. The van der Waals surface area contributed by atoms with Gasteiger partial charge in [-0.15, -0.1) is 0 Å². The van der Waals surface area contributed by atoms with E-state index in [4.69, 9.17) is 4.74 Å². The summed E-state index contributed by atoms with van der Waals surface area (Å²) in [6, 6.07) is 1.19. The van der Waals surface area contributed by atoms with Gasteiger partial charge >= 0.3 is 6.09 Å². The molecule has 1 fully saturated rings. The Hall–Kier alpha value is -0.770. The number of unbranched alkanes of at least 4 members (excludes halogenated alkanes) is 2. The van der Waals surface area contributed by atoms with Crippen molar-refractivity contribution in [3.63, 3.8) is 0 Å². The Morgan fingerprint density at radius 1 is 1.32 bits per heavy atom. The second kappa shape index (κ2) is 7.13. The summed E-state index contributed by atoms with van der Waals surface area (Å²) in [5, 5.41) is 6.47. The van der Waals surface area contributed by atoms with Gasteiger partial charge in [0.25, 0.3) is 0 Å². The van der Waals surface area contributed by atoms with Crippen molar-refractivity contribution in [3.05, 3.63) is 0 Å². The molecule has 3 atom stereocenters. The number of nitrogens with one attached hydrogen (secondary N) is 2. The van der Waals surface area contributed by atoms with Crippen molar-refractivity contribution in [1.29, 1.82) is 0 Å². The van der Waals surface area contributed by atoms with Crippen molar-refractivity contribution in [1.82, 2.24) is 10.6 Å². The third-order valence-electron chi connectivity index (χ3n) is 3.23. The first kappa shape index (κ1) is 16.3. The highest BCUT2D eigenvalue weighted by molar-refractivity contribution is 5.68. The van der Waals surface area contributed by atoms with E-state index in [1.54, 1.807) is 0 Å². The summed E-state index contributed by atoms with van der Waals surface area (Å²) in [4.78, 5) is 11.6. The van der Waals surface area contributed by atoms with Crippen molar-refractivity contribution in [3.8, 4) is 0 Å². The van der Waals surface area contributed by atoms with E-state index in [1.807, 2.05) is 20.8 Å². The highest BCUT2D eigenvalue weighted by Crippen LogP contribution is 2.23. The van der Waals surface area contributed by atoms with Crippen LogP contribution in [0.15, 0.2) is 0 Å². The number of hydrogen-bond acceptors (Lipinski definition) is 3. The lowest BCUT2D eigenvalue weighted by Gasteiger charge is -2.20. The van der Waals surface area contributed by atoms with E-state index in [0.29, 0.717) is 12.1 Å². The van der Waals surface area contributed by atoms with E-state index in [2.05, 4.69) is 24.5 Å². The lowest BCUT2D eigenvalue weighted by Crippen LogP contribution is -2.38. The monoisotopic (exact) mass is 270 g/mol. The van der Waals surface area contributed by atoms with Gasteiger partial charge in [-0.05, 0) is 40.5 Å². The zero-order chi connectivity index (χ0) is 14.5. The fourth-order valence-electron chi connectivity index (χ4n) is 2.15. The number of ether oxygens (including phenoxy) is 1. The molecular weight excluding hydrogens is 240 g/mol. The molecule has 4 heteroatoms. The molecule has 0 aromatic carbocycles. The van der Waals surface area contributed by atoms with Crippen LogP contribution in [-0.2, 0) is 4.74 Å². The molecule has 19 heavy (non-hydrogen) atoms. The normalized spacial score (nSPS) is 23.8. The molecule has 1 rings (SSSR count). The number of carbonyl (C=O) groups is 1. The van der Waals surface area contributed by atoms with Gasteiger partial charge in [0.1, 0.15) is 5.60 Å². The van der Waals surface area contributed by atoms with Gasteiger partial charge in [-0.3, -0.25) is 0 Å². The van der Waals surface area contributed by atoms with Crippen molar-refractivity contribution in [2.45, 2.75) is 90.4 Å². The molecule has 4 nitrogen and oxygen atoms in total. The maximum absolute atomic E-state index is 11.6. The number of rotatable bonds is 7. The van der Waals surface area contributed by atoms with Gasteiger partial charge in [0, 0.05) is 18.1 Å². The van der Waals surface area contributed by atoms with Crippen LogP contribution in [0.3, 0.4) is 0 Å². The van der Waals surface area contributed by atoms with Crippen LogP contribution in [-0.4, -0.2) is 29.8 Å². The number of hydrogen-bond donors (Lipinski definition) is 2. The maximum Gasteiger partial charge on any atom is 0.407 e. The molecule has 1 saturated carbocycles. The Morgan fingerprint density at radius 3 is 2.58 bits per heavy atom. The predicted molar refractivity (Wildman–Crippen MR) is 78.3 cm³/mol. The average Bonchev–Trinajstić information content (AvgIpc) is 2.93. The molecule has 3 unspecified atom stereocenters. The zero-order valence-corrected chi connectivity index (χ0v) is 13.1. The highest BCUT2D eigenvalue weighted by atomic mass is 16.6. The molecule has 0 radical (unpaired) electrons. The van der Waals surface area contributed by atoms with Gasteiger partial charge in [-0.2, -0.15) is 0 Å². The molecule has 2 N–H and O–H groups in total. The summed E-state index contributed by atoms with van der Waals surface area (Å²) < 4.78 is 5.24. The molecule has 0 aromatic rings. The van der Waals surface area contributed by atoms with Crippen LogP contribution < -0.4 is 10.6 Å². The van der Waals surface area contributed by atoms with Crippen LogP contribution in [0.1, 0.15) is 66.7 Å². The second-order valence-electron chi connectivity index (χ2n) is 6.66. The third kappa shape index (κ3) is 7.41. The quantitative estimate of drug-likeness (QED) is 0.698. The molecule has 0 aromatic heterocycles. The van der Waals surface area contributed by atoms with Crippen molar-refractivity contribution >= 4 is 6.09 Å². The standard InChI is InChI=1S/C15H30N2O2/c1-6-7-8-9-11(2)16-12-10-13(12)17-14(18)19-15(3,4)5/h11-13,16H,6-10H2,1-5H3,(H,17,18). The van der Waals surface area contributed by atoms with Crippen LogP contribution >= 0.6 is 0 Å². The summed E-state index contributed by atoms with van der Waals surface area (Å²) in [5.41, 5.74) is -0.421. The van der Waals surface area contributed by atoms with E-state index < -0.39 is 5.60 Å². The number of alkyl carbamates (subject to hydrolysis) is 1.